The van der Waals surface area contributed by atoms with Gasteiger partial charge in [0, 0.05) is 26.3 Å². The lowest BCUT2D eigenvalue weighted by molar-refractivity contribution is 0.0784. The van der Waals surface area contributed by atoms with Crippen LogP contribution in [0.1, 0.15) is 19.3 Å². The zero-order chi connectivity index (χ0) is 9.10. The van der Waals surface area contributed by atoms with E-state index >= 15 is 0 Å². The van der Waals surface area contributed by atoms with Crippen LogP contribution in [0, 0.1) is 5.92 Å². The first-order valence-corrected chi connectivity index (χ1v) is 5.33. The molecule has 2 saturated heterocycles. The van der Waals surface area contributed by atoms with E-state index < -0.39 is 0 Å². The highest BCUT2D eigenvalue weighted by Gasteiger charge is 2.25. The fourth-order valence-electron chi connectivity index (χ4n) is 2.30. The van der Waals surface area contributed by atoms with E-state index in [0.29, 0.717) is 18.6 Å². The number of hydrogen-bond donors (Lipinski definition) is 1. The lowest BCUT2D eigenvalue weighted by Gasteiger charge is -2.19. The predicted molar refractivity (Wildman–Crippen MR) is 57.9 cm³/mol. The smallest absolute Gasteiger partial charge is 0.0702 e. The summed E-state index contributed by atoms with van der Waals surface area (Å²) in [7, 11) is 0. The van der Waals surface area contributed by atoms with Gasteiger partial charge in [-0.2, -0.15) is 0 Å². The molecule has 4 heteroatoms. The zero-order valence-corrected chi connectivity index (χ0v) is 9.34. The topological polar surface area (TPSA) is 32.7 Å². The first-order valence-electron chi connectivity index (χ1n) is 5.33. The van der Waals surface area contributed by atoms with Crippen LogP contribution in [0.25, 0.3) is 0 Å². The molecular formula is C10H20ClNO2. The lowest BCUT2D eigenvalue weighted by atomic mass is 10.1. The summed E-state index contributed by atoms with van der Waals surface area (Å²) >= 11 is 0. The van der Waals surface area contributed by atoms with Crippen LogP contribution in [0.3, 0.4) is 0 Å². The van der Waals surface area contributed by atoms with Gasteiger partial charge >= 0.3 is 0 Å². The third-order valence-corrected chi connectivity index (χ3v) is 3.11. The molecule has 2 rings (SSSR count). The van der Waals surface area contributed by atoms with Crippen LogP contribution in [0.2, 0.25) is 0 Å². The molecule has 1 N–H and O–H groups in total. The quantitative estimate of drug-likeness (QED) is 0.769. The molecule has 0 aromatic heterocycles. The van der Waals surface area contributed by atoms with Gasteiger partial charge in [0.25, 0.3) is 0 Å². The number of likely N-dealkylation sites (tertiary alicyclic amines) is 1. The van der Waals surface area contributed by atoms with E-state index in [9.17, 15) is 0 Å². The molecule has 0 aromatic carbocycles. The molecule has 0 bridgehead atoms. The van der Waals surface area contributed by atoms with Crippen molar-refractivity contribution in [3.63, 3.8) is 0 Å². The van der Waals surface area contributed by atoms with Crippen molar-refractivity contribution in [1.82, 2.24) is 4.90 Å². The molecule has 0 radical (unpaired) electrons. The van der Waals surface area contributed by atoms with E-state index in [1.165, 1.54) is 12.8 Å². The minimum atomic E-state index is 0. The van der Waals surface area contributed by atoms with Gasteiger partial charge in [-0.15, -0.1) is 12.4 Å². The van der Waals surface area contributed by atoms with E-state index in [1.807, 2.05) is 0 Å². The number of halogens is 1. The molecule has 2 fully saturated rings. The summed E-state index contributed by atoms with van der Waals surface area (Å²) in [5.41, 5.74) is 0. The number of ether oxygens (including phenoxy) is 1. The van der Waals surface area contributed by atoms with Crippen molar-refractivity contribution in [3.8, 4) is 0 Å². The van der Waals surface area contributed by atoms with E-state index in [1.54, 1.807) is 0 Å². The maximum atomic E-state index is 8.99. The Morgan fingerprint density at radius 2 is 2.21 bits per heavy atom. The molecule has 0 aromatic rings. The number of aliphatic hydroxyl groups is 1. The van der Waals surface area contributed by atoms with Gasteiger partial charge in [-0.25, -0.2) is 0 Å². The third-order valence-electron chi connectivity index (χ3n) is 3.11. The monoisotopic (exact) mass is 221 g/mol. The second kappa shape index (κ2) is 5.91. The molecule has 2 heterocycles. The van der Waals surface area contributed by atoms with Crippen LogP contribution in [-0.4, -0.2) is 49.0 Å². The van der Waals surface area contributed by atoms with Gasteiger partial charge in [0.05, 0.1) is 6.10 Å². The molecule has 0 aliphatic carbocycles. The van der Waals surface area contributed by atoms with E-state index in [4.69, 9.17) is 9.84 Å². The summed E-state index contributed by atoms with van der Waals surface area (Å²) in [4.78, 5) is 2.43. The standard InChI is InChI=1S/C10H19NO2.ClH/c12-8-9-3-4-11(6-9)7-10-2-1-5-13-10;/h9-10,12H,1-8H2;1H. The SMILES string of the molecule is Cl.OCC1CCN(CC2CCCO2)C1. The minimum Gasteiger partial charge on any atom is -0.396 e. The Morgan fingerprint density at radius 3 is 2.79 bits per heavy atom. The minimum absolute atomic E-state index is 0. The molecule has 3 nitrogen and oxygen atoms in total. The molecule has 0 saturated carbocycles. The van der Waals surface area contributed by atoms with Gasteiger partial charge < -0.3 is 14.7 Å². The van der Waals surface area contributed by atoms with Gasteiger partial charge in [0.1, 0.15) is 0 Å². The highest BCUT2D eigenvalue weighted by Crippen LogP contribution is 2.19. The largest absolute Gasteiger partial charge is 0.396 e. The van der Waals surface area contributed by atoms with Gasteiger partial charge in [0.15, 0.2) is 0 Å². The highest BCUT2D eigenvalue weighted by molar-refractivity contribution is 5.85. The maximum Gasteiger partial charge on any atom is 0.0702 e. The molecule has 2 aliphatic rings. The van der Waals surface area contributed by atoms with Crippen LogP contribution in [0.15, 0.2) is 0 Å². The lowest BCUT2D eigenvalue weighted by Crippen LogP contribution is -2.30. The Balaban J connectivity index is 0.000000980. The fraction of sp³-hybridized carbons (Fsp3) is 1.00. The van der Waals surface area contributed by atoms with Crippen LogP contribution in [-0.2, 0) is 4.74 Å². The molecule has 2 aliphatic heterocycles. The first-order chi connectivity index (χ1) is 6.38. The third kappa shape index (κ3) is 3.09. The molecule has 0 spiro atoms. The molecule has 14 heavy (non-hydrogen) atoms. The summed E-state index contributed by atoms with van der Waals surface area (Å²) in [5, 5.41) is 8.99. The van der Waals surface area contributed by atoms with Crippen LogP contribution in [0.4, 0.5) is 0 Å². The van der Waals surface area contributed by atoms with E-state index in [-0.39, 0.29) is 12.4 Å². The average Bonchev–Trinajstić information content (AvgIpc) is 2.76. The molecule has 2 unspecified atom stereocenters. The number of aliphatic hydroxyl groups excluding tert-OH is 1. The van der Waals surface area contributed by atoms with Crippen molar-refractivity contribution in [1.29, 1.82) is 0 Å². The van der Waals surface area contributed by atoms with Crippen LogP contribution >= 0.6 is 12.4 Å². The fourth-order valence-corrected chi connectivity index (χ4v) is 2.30. The van der Waals surface area contributed by atoms with Gasteiger partial charge in [-0.3, -0.25) is 0 Å². The van der Waals surface area contributed by atoms with Crippen molar-refractivity contribution in [2.45, 2.75) is 25.4 Å². The highest BCUT2D eigenvalue weighted by atomic mass is 35.5. The Hall–Kier alpha value is 0.170. The number of rotatable bonds is 3. The zero-order valence-electron chi connectivity index (χ0n) is 8.52. The normalized spacial score (nSPS) is 33.2. The van der Waals surface area contributed by atoms with Crippen LogP contribution < -0.4 is 0 Å². The van der Waals surface area contributed by atoms with Gasteiger partial charge in [-0.1, -0.05) is 0 Å². The summed E-state index contributed by atoms with van der Waals surface area (Å²) < 4.78 is 5.58. The predicted octanol–water partition coefficient (Wildman–Crippen LogP) is 0.901. The molecule has 0 amide bonds. The van der Waals surface area contributed by atoms with Crippen molar-refractivity contribution in [2.75, 3.05) is 32.8 Å². The van der Waals surface area contributed by atoms with Crippen molar-refractivity contribution in [2.24, 2.45) is 5.92 Å². The Labute approximate surface area is 91.8 Å². The van der Waals surface area contributed by atoms with E-state index in [0.717, 1.165) is 32.7 Å². The molecular weight excluding hydrogens is 202 g/mol. The molecule has 84 valence electrons. The Bertz CT molecular complexity index is 162. The van der Waals surface area contributed by atoms with Crippen LogP contribution in [0.5, 0.6) is 0 Å². The number of nitrogens with zero attached hydrogens (tertiary/aromatic N) is 1. The maximum absolute atomic E-state index is 8.99. The molecule has 2 atom stereocenters. The van der Waals surface area contributed by atoms with Gasteiger partial charge in [0.2, 0.25) is 0 Å². The van der Waals surface area contributed by atoms with Crippen molar-refractivity contribution in [3.05, 3.63) is 0 Å². The van der Waals surface area contributed by atoms with Crippen molar-refractivity contribution < 1.29 is 9.84 Å². The van der Waals surface area contributed by atoms with Gasteiger partial charge in [-0.05, 0) is 31.7 Å². The summed E-state index contributed by atoms with van der Waals surface area (Å²) in [6, 6.07) is 0. The second-order valence-corrected chi connectivity index (χ2v) is 4.23. The Morgan fingerprint density at radius 1 is 1.36 bits per heavy atom. The van der Waals surface area contributed by atoms with Crippen molar-refractivity contribution >= 4 is 12.4 Å². The summed E-state index contributed by atoms with van der Waals surface area (Å²) in [6.45, 7) is 4.59. The average molecular weight is 222 g/mol. The Kier molecular flexibility index (Phi) is 5.17. The van der Waals surface area contributed by atoms with E-state index in [2.05, 4.69) is 4.90 Å². The number of hydrogen-bond acceptors (Lipinski definition) is 3. The first kappa shape index (κ1) is 12.2. The summed E-state index contributed by atoms with van der Waals surface area (Å²) in [6.07, 6.45) is 4.07. The summed E-state index contributed by atoms with van der Waals surface area (Å²) in [5.74, 6) is 0.515. The second-order valence-electron chi connectivity index (χ2n) is 4.23.